The maximum atomic E-state index is 3.53. The average molecular weight is 299 g/mol. The molecule has 0 saturated carbocycles. The van der Waals surface area contributed by atoms with Gasteiger partial charge in [0.2, 0.25) is 0 Å². The van der Waals surface area contributed by atoms with E-state index in [0.29, 0.717) is 0 Å². The van der Waals surface area contributed by atoms with Gasteiger partial charge < -0.3 is 0 Å². The number of nitrogens with zero attached hydrogens (tertiary/aromatic N) is 1. The molecular formula is C19H42N2. The Hall–Kier alpha value is -0.0800. The van der Waals surface area contributed by atoms with Gasteiger partial charge in [0.05, 0.1) is 0 Å². The smallest absolute Gasteiger partial charge is 0.0127 e. The Kier molecular flexibility index (Phi) is 16.2. The minimum absolute atomic E-state index is 0.877. The highest BCUT2D eigenvalue weighted by atomic mass is 15.5. The quantitative estimate of drug-likeness (QED) is 0.287. The molecule has 0 spiro atoms. The van der Waals surface area contributed by atoms with Crippen molar-refractivity contribution >= 4 is 0 Å². The van der Waals surface area contributed by atoms with E-state index in [1.165, 1.54) is 83.6 Å². The number of hydrogen-bond acceptors (Lipinski definition) is 2. The molecule has 0 atom stereocenters. The third kappa shape index (κ3) is 17.9. The molecule has 0 aliphatic carbocycles. The molecule has 128 valence electrons. The summed E-state index contributed by atoms with van der Waals surface area (Å²) in [6, 6.07) is 0. The summed E-state index contributed by atoms with van der Waals surface area (Å²) in [5.74, 6) is 0.877. The Morgan fingerprint density at radius 3 is 2.00 bits per heavy atom. The first-order chi connectivity index (χ1) is 10.2. The molecule has 0 radical (unpaired) electrons. The molecule has 0 amide bonds. The molecule has 21 heavy (non-hydrogen) atoms. The highest BCUT2D eigenvalue weighted by molar-refractivity contribution is 4.52. The lowest BCUT2D eigenvalue weighted by Gasteiger charge is -2.18. The van der Waals surface area contributed by atoms with Crippen LogP contribution >= 0.6 is 0 Å². The van der Waals surface area contributed by atoms with Crippen molar-refractivity contribution in [3.63, 3.8) is 0 Å². The van der Waals surface area contributed by atoms with E-state index >= 15 is 0 Å². The summed E-state index contributed by atoms with van der Waals surface area (Å²) < 4.78 is 0. The van der Waals surface area contributed by atoms with E-state index in [2.05, 4.69) is 38.3 Å². The van der Waals surface area contributed by atoms with E-state index in [-0.39, 0.29) is 0 Å². The van der Waals surface area contributed by atoms with Crippen LogP contribution in [0.25, 0.3) is 0 Å². The van der Waals surface area contributed by atoms with Crippen LogP contribution in [-0.4, -0.2) is 25.1 Å². The first-order valence-corrected chi connectivity index (χ1v) is 9.61. The second-order valence-corrected chi connectivity index (χ2v) is 7.05. The van der Waals surface area contributed by atoms with Crippen molar-refractivity contribution in [2.24, 2.45) is 5.92 Å². The summed E-state index contributed by atoms with van der Waals surface area (Å²) in [6.45, 7) is 9.27. The summed E-state index contributed by atoms with van der Waals surface area (Å²) >= 11 is 0. The van der Waals surface area contributed by atoms with Gasteiger partial charge in [-0.3, -0.25) is 5.43 Å². The van der Waals surface area contributed by atoms with E-state index in [4.69, 9.17) is 0 Å². The molecule has 0 aromatic rings. The molecule has 0 heterocycles. The monoisotopic (exact) mass is 298 g/mol. The van der Waals surface area contributed by atoms with Crippen molar-refractivity contribution in [1.82, 2.24) is 10.4 Å². The van der Waals surface area contributed by atoms with Crippen molar-refractivity contribution in [3.8, 4) is 0 Å². The van der Waals surface area contributed by atoms with Gasteiger partial charge in [0, 0.05) is 20.1 Å². The number of hydrogen-bond donors (Lipinski definition) is 1. The SMILES string of the molecule is CCCCCCCCN(C)NCCCCCCCC(C)C. The van der Waals surface area contributed by atoms with Gasteiger partial charge in [-0.05, 0) is 18.8 Å². The standard InChI is InChI=1S/C19H42N2/c1-5-6-7-8-12-15-18-21(4)20-17-14-11-9-10-13-16-19(2)3/h19-20H,5-18H2,1-4H3. The molecule has 0 aromatic carbocycles. The zero-order chi connectivity index (χ0) is 15.8. The van der Waals surface area contributed by atoms with Crippen LogP contribution in [0, 0.1) is 5.92 Å². The Balaban J connectivity index is 3.14. The van der Waals surface area contributed by atoms with Gasteiger partial charge in [0.25, 0.3) is 0 Å². The lowest BCUT2D eigenvalue weighted by Crippen LogP contribution is -2.35. The van der Waals surface area contributed by atoms with E-state index in [9.17, 15) is 0 Å². The van der Waals surface area contributed by atoms with Gasteiger partial charge >= 0.3 is 0 Å². The minimum Gasteiger partial charge on any atom is -0.255 e. The summed E-state index contributed by atoms with van der Waals surface area (Å²) in [4.78, 5) is 0. The fourth-order valence-electron chi connectivity index (χ4n) is 2.69. The van der Waals surface area contributed by atoms with Crippen molar-refractivity contribution in [2.45, 2.75) is 97.8 Å². The molecule has 0 bridgehead atoms. The molecule has 1 N–H and O–H groups in total. The highest BCUT2D eigenvalue weighted by Gasteiger charge is 1.98. The van der Waals surface area contributed by atoms with Crippen LogP contribution in [0.2, 0.25) is 0 Å². The third-order valence-corrected chi connectivity index (χ3v) is 4.19. The van der Waals surface area contributed by atoms with Gasteiger partial charge in [-0.1, -0.05) is 85.0 Å². The zero-order valence-electron chi connectivity index (χ0n) is 15.4. The Morgan fingerprint density at radius 1 is 0.762 bits per heavy atom. The Morgan fingerprint density at radius 2 is 1.33 bits per heavy atom. The third-order valence-electron chi connectivity index (χ3n) is 4.19. The van der Waals surface area contributed by atoms with Crippen LogP contribution in [0.15, 0.2) is 0 Å². The fourth-order valence-corrected chi connectivity index (χ4v) is 2.69. The van der Waals surface area contributed by atoms with Crippen molar-refractivity contribution in [1.29, 1.82) is 0 Å². The number of hydrazine groups is 1. The second kappa shape index (κ2) is 16.3. The maximum absolute atomic E-state index is 3.53. The van der Waals surface area contributed by atoms with Crippen LogP contribution in [-0.2, 0) is 0 Å². The molecule has 2 heteroatoms. The predicted molar refractivity (Wildman–Crippen MR) is 96.5 cm³/mol. The second-order valence-electron chi connectivity index (χ2n) is 7.05. The van der Waals surface area contributed by atoms with Crippen LogP contribution in [0.1, 0.15) is 97.8 Å². The molecule has 0 fully saturated rings. The van der Waals surface area contributed by atoms with Gasteiger partial charge in [-0.2, -0.15) is 0 Å². The van der Waals surface area contributed by atoms with E-state index in [1.807, 2.05) is 0 Å². The highest BCUT2D eigenvalue weighted by Crippen LogP contribution is 2.10. The Bertz CT molecular complexity index is 192. The van der Waals surface area contributed by atoms with Crippen LogP contribution in [0.5, 0.6) is 0 Å². The van der Waals surface area contributed by atoms with Gasteiger partial charge in [-0.15, -0.1) is 0 Å². The zero-order valence-corrected chi connectivity index (χ0v) is 15.4. The number of nitrogens with one attached hydrogen (secondary N) is 1. The molecule has 0 saturated heterocycles. The summed E-state index contributed by atoms with van der Waals surface area (Å²) in [5, 5.41) is 2.29. The van der Waals surface area contributed by atoms with Crippen molar-refractivity contribution < 1.29 is 0 Å². The van der Waals surface area contributed by atoms with Crippen LogP contribution in [0.3, 0.4) is 0 Å². The average Bonchev–Trinajstić information content (AvgIpc) is 2.45. The predicted octanol–water partition coefficient (Wildman–Crippen LogP) is 5.78. The van der Waals surface area contributed by atoms with E-state index < -0.39 is 0 Å². The lowest BCUT2D eigenvalue weighted by atomic mass is 10.0. The molecule has 0 aromatic heterocycles. The van der Waals surface area contributed by atoms with Crippen molar-refractivity contribution in [3.05, 3.63) is 0 Å². The number of unbranched alkanes of at least 4 members (excludes halogenated alkanes) is 9. The molecule has 0 aliphatic heterocycles. The summed E-state index contributed by atoms with van der Waals surface area (Å²) in [6.07, 6.45) is 16.7. The molecule has 0 unspecified atom stereocenters. The normalized spacial score (nSPS) is 11.7. The fraction of sp³-hybridized carbons (Fsp3) is 1.00. The summed E-state index contributed by atoms with van der Waals surface area (Å²) in [7, 11) is 2.19. The van der Waals surface area contributed by atoms with Crippen LogP contribution < -0.4 is 5.43 Å². The first kappa shape index (κ1) is 20.9. The van der Waals surface area contributed by atoms with Gasteiger partial charge in [-0.25, -0.2) is 5.01 Å². The molecule has 2 nitrogen and oxygen atoms in total. The Labute approximate surface area is 135 Å². The largest absolute Gasteiger partial charge is 0.255 e. The number of rotatable bonds is 16. The molecular weight excluding hydrogens is 256 g/mol. The molecule has 0 rings (SSSR count). The van der Waals surface area contributed by atoms with Gasteiger partial charge in [0.1, 0.15) is 0 Å². The lowest BCUT2D eigenvalue weighted by molar-refractivity contribution is 0.227. The maximum Gasteiger partial charge on any atom is 0.0127 e. The summed E-state index contributed by atoms with van der Waals surface area (Å²) in [5.41, 5.74) is 3.53. The topological polar surface area (TPSA) is 15.3 Å². The van der Waals surface area contributed by atoms with Gasteiger partial charge in [0.15, 0.2) is 0 Å². The first-order valence-electron chi connectivity index (χ1n) is 9.61. The van der Waals surface area contributed by atoms with Crippen molar-refractivity contribution in [2.75, 3.05) is 20.1 Å². The minimum atomic E-state index is 0.877. The van der Waals surface area contributed by atoms with E-state index in [0.717, 1.165) is 12.5 Å². The van der Waals surface area contributed by atoms with E-state index in [1.54, 1.807) is 0 Å². The molecule has 0 aliphatic rings. The van der Waals surface area contributed by atoms with Crippen LogP contribution in [0.4, 0.5) is 0 Å².